The van der Waals surface area contributed by atoms with Gasteiger partial charge in [0, 0.05) is 45.9 Å². The second kappa shape index (κ2) is 7.81. The second-order valence-electron chi connectivity index (χ2n) is 3.58. The van der Waals surface area contributed by atoms with Gasteiger partial charge in [-0.3, -0.25) is 4.21 Å². The fraction of sp³-hybridized carbons (Fsp3) is 0.455. The van der Waals surface area contributed by atoms with Crippen LogP contribution in [0.15, 0.2) is 22.7 Å². The lowest BCUT2D eigenvalue weighted by molar-refractivity contribution is -0.0505. The van der Waals surface area contributed by atoms with Gasteiger partial charge < -0.3 is 10.1 Å². The summed E-state index contributed by atoms with van der Waals surface area (Å²) in [6, 6.07) is 4.85. The quantitative estimate of drug-likeness (QED) is 0.774. The Kier molecular flexibility index (Phi) is 6.73. The maximum Gasteiger partial charge on any atom is 0.387 e. The van der Waals surface area contributed by atoms with Crippen molar-refractivity contribution in [3.63, 3.8) is 0 Å². The Morgan fingerprint density at radius 1 is 1.50 bits per heavy atom. The van der Waals surface area contributed by atoms with E-state index >= 15 is 0 Å². The number of nitrogens with one attached hydrogen (secondary N) is 1. The van der Waals surface area contributed by atoms with Crippen LogP contribution in [0.25, 0.3) is 0 Å². The average Bonchev–Trinajstić information content (AvgIpc) is 2.27. The van der Waals surface area contributed by atoms with Gasteiger partial charge in [-0.1, -0.05) is 15.9 Å². The largest absolute Gasteiger partial charge is 0.434 e. The van der Waals surface area contributed by atoms with E-state index in [1.165, 1.54) is 6.07 Å². The average molecular weight is 342 g/mol. The first-order chi connectivity index (χ1) is 8.49. The zero-order chi connectivity index (χ0) is 13.5. The van der Waals surface area contributed by atoms with Crippen LogP contribution in [-0.2, 0) is 17.3 Å². The molecule has 0 aliphatic rings. The van der Waals surface area contributed by atoms with Crippen molar-refractivity contribution in [3.8, 4) is 5.75 Å². The van der Waals surface area contributed by atoms with Gasteiger partial charge in [0.1, 0.15) is 5.75 Å². The molecule has 1 aromatic carbocycles. The van der Waals surface area contributed by atoms with Crippen LogP contribution in [0, 0.1) is 0 Å². The molecule has 0 aromatic heterocycles. The first-order valence-corrected chi connectivity index (χ1v) is 7.75. The highest BCUT2D eigenvalue weighted by Gasteiger charge is 2.09. The predicted octanol–water partition coefficient (Wildman–Crippen LogP) is 2.52. The first kappa shape index (κ1) is 15.5. The minimum Gasteiger partial charge on any atom is -0.434 e. The minimum absolute atomic E-state index is 0.151. The van der Waals surface area contributed by atoms with E-state index in [0.29, 0.717) is 24.4 Å². The molecule has 0 aliphatic carbocycles. The molecule has 0 amide bonds. The lowest BCUT2D eigenvalue weighted by atomic mass is 10.2. The number of rotatable bonds is 7. The maximum atomic E-state index is 12.2. The summed E-state index contributed by atoms with van der Waals surface area (Å²) in [6.07, 6.45) is 1.62. The molecule has 0 aliphatic heterocycles. The summed E-state index contributed by atoms with van der Waals surface area (Å²) in [4.78, 5) is 0. The van der Waals surface area contributed by atoms with Crippen LogP contribution in [0.2, 0.25) is 0 Å². The zero-order valence-corrected chi connectivity index (χ0v) is 12.2. The van der Waals surface area contributed by atoms with Gasteiger partial charge >= 0.3 is 6.61 Å². The molecule has 0 bridgehead atoms. The highest BCUT2D eigenvalue weighted by atomic mass is 79.9. The Labute approximate surface area is 115 Å². The van der Waals surface area contributed by atoms with E-state index in [-0.39, 0.29) is 5.75 Å². The molecule has 1 unspecified atom stereocenters. The van der Waals surface area contributed by atoms with Gasteiger partial charge in [0.2, 0.25) is 0 Å². The van der Waals surface area contributed by atoms with Crippen molar-refractivity contribution < 1.29 is 17.7 Å². The normalized spacial score (nSPS) is 12.7. The summed E-state index contributed by atoms with van der Waals surface area (Å²) in [5, 5.41) is 3.04. The van der Waals surface area contributed by atoms with Crippen LogP contribution in [0.4, 0.5) is 8.78 Å². The molecule has 18 heavy (non-hydrogen) atoms. The van der Waals surface area contributed by atoms with Crippen LogP contribution in [0.5, 0.6) is 5.75 Å². The van der Waals surface area contributed by atoms with Gasteiger partial charge in [-0.05, 0) is 18.2 Å². The topological polar surface area (TPSA) is 38.3 Å². The first-order valence-electron chi connectivity index (χ1n) is 5.23. The fourth-order valence-electron chi connectivity index (χ4n) is 1.34. The van der Waals surface area contributed by atoms with Crippen molar-refractivity contribution in [2.24, 2.45) is 0 Å². The second-order valence-corrected chi connectivity index (χ2v) is 6.05. The molecular weight excluding hydrogens is 328 g/mol. The standard InChI is InChI=1S/C11H14BrF2NO2S/c1-18(16)5-4-15-7-8-6-9(12)2-3-10(8)17-11(13)14/h2-3,6,11,15H,4-5,7H2,1H3. The Hall–Kier alpha value is -0.530. The maximum absolute atomic E-state index is 12.2. The van der Waals surface area contributed by atoms with Crippen molar-refractivity contribution >= 4 is 26.7 Å². The number of benzene rings is 1. The summed E-state index contributed by atoms with van der Waals surface area (Å²) in [7, 11) is -0.865. The Morgan fingerprint density at radius 3 is 2.83 bits per heavy atom. The number of ether oxygens (including phenoxy) is 1. The van der Waals surface area contributed by atoms with Crippen LogP contribution >= 0.6 is 15.9 Å². The van der Waals surface area contributed by atoms with E-state index in [1.54, 1.807) is 18.4 Å². The van der Waals surface area contributed by atoms with E-state index in [2.05, 4.69) is 26.0 Å². The smallest absolute Gasteiger partial charge is 0.387 e. The van der Waals surface area contributed by atoms with Crippen LogP contribution in [0.1, 0.15) is 5.56 Å². The van der Waals surface area contributed by atoms with Crippen molar-refractivity contribution in [2.45, 2.75) is 13.2 Å². The molecule has 0 spiro atoms. The number of hydrogen-bond acceptors (Lipinski definition) is 3. The van der Waals surface area contributed by atoms with Crippen molar-refractivity contribution in [1.82, 2.24) is 5.32 Å². The summed E-state index contributed by atoms with van der Waals surface area (Å²) in [5.41, 5.74) is 0.631. The van der Waals surface area contributed by atoms with E-state index < -0.39 is 17.4 Å². The lowest BCUT2D eigenvalue weighted by Gasteiger charge is -2.11. The van der Waals surface area contributed by atoms with Gasteiger partial charge in [-0.15, -0.1) is 0 Å². The van der Waals surface area contributed by atoms with Gasteiger partial charge in [0.15, 0.2) is 0 Å². The van der Waals surface area contributed by atoms with Crippen LogP contribution in [-0.4, -0.2) is 29.4 Å². The van der Waals surface area contributed by atoms with Gasteiger partial charge in [-0.25, -0.2) is 0 Å². The summed E-state index contributed by atoms with van der Waals surface area (Å²) in [6.45, 7) is -1.89. The fourth-order valence-corrected chi connectivity index (χ4v) is 2.18. The number of hydrogen-bond donors (Lipinski definition) is 1. The molecular formula is C11H14BrF2NO2S. The van der Waals surface area contributed by atoms with Crippen LogP contribution < -0.4 is 10.1 Å². The third-order valence-electron chi connectivity index (χ3n) is 2.12. The minimum atomic E-state index is -2.84. The molecule has 1 atom stereocenters. The summed E-state index contributed by atoms with van der Waals surface area (Å²) in [5.74, 6) is 0.678. The van der Waals surface area contributed by atoms with E-state index in [9.17, 15) is 13.0 Å². The molecule has 0 saturated heterocycles. The zero-order valence-electron chi connectivity index (χ0n) is 9.79. The number of alkyl halides is 2. The summed E-state index contributed by atoms with van der Waals surface area (Å²) >= 11 is 3.28. The highest BCUT2D eigenvalue weighted by Crippen LogP contribution is 2.24. The van der Waals surface area contributed by atoms with E-state index in [0.717, 1.165) is 4.47 Å². The monoisotopic (exact) mass is 341 g/mol. The number of halogens is 3. The van der Waals surface area contributed by atoms with Gasteiger partial charge in [0.25, 0.3) is 0 Å². The SMILES string of the molecule is CS(=O)CCNCc1cc(Br)ccc1OC(F)F. The molecule has 1 N–H and O–H groups in total. The van der Waals surface area contributed by atoms with Gasteiger partial charge in [-0.2, -0.15) is 8.78 Å². The third-order valence-corrected chi connectivity index (χ3v) is 3.39. The summed E-state index contributed by atoms with van der Waals surface area (Å²) < 4.78 is 40.5. The molecule has 0 fully saturated rings. The molecule has 102 valence electrons. The van der Waals surface area contributed by atoms with Crippen molar-refractivity contribution in [1.29, 1.82) is 0 Å². The molecule has 1 aromatic rings. The molecule has 7 heteroatoms. The van der Waals surface area contributed by atoms with Crippen molar-refractivity contribution in [3.05, 3.63) is 28.2 Å². The molecule has 1 rings (SSSR count). The lowest BCUT2D eigenvalue weighted by Crippen LogP contribution is -2.20. The molecule has 3 nitrogen and oxygen atoms in total. The molecule has 0 heterocycles. The molecule has 0 radical (unpaired) electrons. The molecule has 0 saturated carbocycles. The van der Waals surface area contributed by atoms with Crippen molar-refractivity contribution in [2.75, 3.05) is 18.6 Å². The van der Waals surface area contributed by atoms with E-state index in [4.69, 9.17) is 0 Å². The third kappa shape index (κ3) is 5.88. The highest BCUT2D eigenvalue weighted by molar-refractivity contribution is 9.10. The Balaban J connectivity index is 2.61. The predicted molar refractivity (Wildman–Crippen MR) is 71.4 cm³/mol. The van der Waals surface area contributed by atoms with E-state index in [1.807, 2.05) is 0 Å². The Morgan fingerprint density at radius 2 is 2.22 bits per heavy atom. The van der Waals surface area contributed by atoms with Gasteiger partial charge in [0.05, 0.1) is 0 Å². The van der Waals surface area contributed by atoms with Crippen LogP contribution in [0.3, 0.4) is 0 Å². The Bertz CT molecular complexity index is 418.